The molecule has 198 valence electrons. The normalized spacial score (nSPS) is 14.5. The summed E-state index contributed by atoms with van der Waals surface area (Å²) in [5.41, 5.74) is -0.206. The molecule has 3 heterocycles. The number of aromatic amines is 1. The number of anilines is 1. The number of thiophene rings is 1. The number of halogens is 3. The van der Waals surface area contributed by atoms with Crippen molar-refractivity contribution in [3.8, 4) is 0 Å². The Morgan fingerprint density at radius 2 is 1.89 bits per heavy atom. The zero-order valence-electron chi connectivity index (χ0n) is 19.9. The van der Waals surface area contributed by atoms with Crippen molar-refractivity contribution in [3.63, 3.8) is 0 Å². The lowest BCUT2D eigenvalue weighted by molar-refractivity contribution is -0.140. The van der Waals surface area contributed by atoms with E-state index >= 15 is 0 Å². The molecule has 0 radical (unpaired) electrons. The summed E-state index contributed by atoms with van der Waals surface area (Å²) in [6.45, 7) is -1.49. The van der Waals surface area contributed by atoms with E-state index in [4.69, 9.17) is 10.8 Å². The molecule has 5 N–H and O–H groups in total. The molecule has 1 aromatic carbocycles. The van der Waals surface area contributed by atoms with E-state index in [1.807, 2.05) is 0 Å². The molecule has 0 aliphatic heterocycles. The maximum atomic E-state index is 13.2. The number of aryl methyl sites for hydroxylation is 1. The summed E-state index contributed by atoms with van der Waals surface area (Å²) in [7, 11) is 1.36. The quantitative estimate of drug-likeness (QED) is 0.213. The number of carbonyl (C=O) groups excluding carboxylic acids is 2. The first-order chi connectivity index (χ1) is 18.0. The standard InChI is InChI=1S/C24H22F3N7O3S/c1-33-15-7-14-13(6-16(15)34(23(33)37)10-24(25,26)27)19(22(36)30-12-2-3-12)20(31-14)32-21(35)18-5-4-17(38-18)11(8-28)9-29/h4-9,11-12,28-29,31H,2-3,10H2,1H3,(H,30,36)(H,32,35). The van der Waals surface area contributed by atoms with E-state index in [9.17, 15) is 27.6 Å². The zero-order valence-corrected chi connectivity index (χ0v) is 20.7. The number of imidazole rings is 1. The highest BCUT2D eigenvalue weighted by Crippen LogP contribution is 2.33. The molecule has 4 aromatic rings. The molecule has 0 saturated heterocycles. The molecule has 1 aliphatic rings. The third-order valence-corrected chi connectivity index (χ3v) is 7.50. The van der Waals surface area contributed by atoms with Crippen LogP contribution in [-0.2, 0) is 13.6 Å². The summed E-state index contributed by atoms with van der Waals surface area (Å²) < 4.78 is 41.4. The van der Waals surface area contributed by atoms with Crippen LogP contribution in [-0.4, -0.2) is 50.6 Å². The summed E-state index contributed by atoms with van der Waals surface area (Å²) in [5.74, 6) is -1.54. The molecule has 1 aliphatic carbocycles. The molecule has 0 unspecified atom stereocenters. The summed E-state index contributed by atoms with van der Waals surface area (Å²) in [4.78, 5) is 42.7. The van der Waals surface area contributed by atoms with E-state index in [2.05, 4.69) is 15.6 Å². The first-order valence-electron chi connectivity index (χ1n) is 11.6. The molecule has 10 nitrogen and oxygen atoms in total. The first-order valence-corrected chi connectivity index (χ1v) is 12.4. The Kier molecular flexibility index (Phi) is 6.21. The molecule has 0 spiro atoms. The van der Waals surface area contributed by atoms with Gasteiger partial charge < -0.3 is 26.4 Å². The number of benzene rings is 1. The molecule has 0 atom stereocenters. The Balaban J connectivity index is 1.61. The van der Waals surface area contributed by atoms with Crippen molar-refractivity contribution >= 4 is 63.3 Å². The molecule has 0 bridgehead atoms. The van der Waals surface area contributed by atoms with E-state index in [1.54, 1.807) is 12.1 Å². The van der Waals surface area contributed by atoms with Crippen LogP contribution in [0.2, 0.25) is 0 Å². The van der Waals surface area contributed by atoms with Crippen molar-refractivity contribution in [2.24, 2.45) is 7.05 Å². The third-order valence-electron chi connectivity index (χ3n) is 6.32. The second kappa shape index (κ2) is 9.28. The van der Waals surface area contributed by atoms with Crippen molar-refractivity contribution in [1.82, 2.24) is 19.4 Å². The van der Waals surface area contributed by atoms with E-state index < -0.39 is 36.1 Å². The van der Waals surface area contributed by atoms with Crippen LogP contribution in [0, 0.1) is 10.8 Å². The molecule has 3 aromatic heterocycles. The Bertz CT molecular complexity index is 1670. The summed E-state index contributed by atoms with van der Waals surface area (Å²) in [6, 6.07) is 5.99. The van der Waals surface area contributed by atoms with E-state index in [1.165, 1.54) is 19.2 Å². The highest BCUT2D eigenvalue weighted by molar-refractivity contribution is 7.14. The fourth-order valence-corrected chi connectivity index (χ4v) is 5.22. The maximum absolute atomic E-state index is 13.2. The van der Waals surface area contributed by atoms with Gasteiger partial charge in [-0.15, -0.1) is 11.3 Å². The Hall–Kier alpha value is -4.20. The predicted molar refractivity (Wildman–Crippen MR) is 138 cm³/mol. The van der Waals surface area contributed by atoms with Gasteiger partial charge in [0.05, 0.1) is 32.9 Å². The lowest BCUT2D eigenvalue weighted by Crippen LogP contribution is -2.28. The number of fused-ring (bicyclic) bond motifs is 2. The second-order valence-electron chi connectivity index (χ2n) is 9.07. The van der Waals surface area contributed by atoms with Gasteiger partial charge in [0.15, 0.2) is 0 Å². The van der Waals surface area contributed by atoms with Crippen LogP contribution in [0.15, 0.2) is 29.1 Å². The number of alkyl halides is 3. The van der Waals surface area contributed by atoms with Gasteiger partial charge in [-0.05, 0) is 37.1 Å². The zero-order chi connectivity index (χ0) is 27.4. The number of hydrogen-bond acceptors (Lipinski definition) is 6. The van der Waals surface area contributed by atoms with Crippen molar-refractivity contribution in [3.05, 3.63) is 50.1 Å². The minimum absolute atomic E-state index is 0.00639. The predicted octanol–water partition coefficient (Wildman–Crippen LogP) is 3.97. The Morgan fingerprint density at radius 1 is 1.18 bits per heavy atom. The van der Waals surface area contributed by atoms with Gasteiger partial charge in [-0.3, -0.25) is 18.7 Å². The largest absolute Gasteiger partial charge is 0.406 e. The molecule has 1 saturated carbocycles. The lowest BCUT2D eigenvalue weighted by Gasteiger charge is -2.08. The van der Waals surface area contributed by atoms with Gasteiger partial charge in [0.1, 0.15) is 12.4 Å². The summed E-state index contributed by atoms with van der Waals surface area (Å²) in [5, 5.41) is 20.6. The Labute approximate surface area is 216 Å². The minimum atomic E-state index is -4.63. The minimum Gasteiger partial charge on any atom is -0.349 e. The maximum Gasteiger partial charge on any atom is 0.406 e. The van der Waals surface area contributed by atoms with E-state index in [0.29, 0.717) is 15.0 Å². The molecule has 14 heteroatoms. The molecular formula is C24H22F3N7O3S. The van der Waals surface area contributed by atoms with Gasteiger partial charge in [0.25, 0.3) is 11.8 Å². The van der Waals surface area contributed by atoms with E-state index in [0.717, 1.165) is 41.2 Å². The highest BCUT2D eigenvalue weighted by atomic mass is 32.1. The average Bonchev–Trinajstić information content (AvgIpc) is 3.33. The van der Waals surface area contributed by atoms with Crippen LogP contribution in [0.25, 0.3) is 21.9 Å². The van der Waals surface area contributed by atoms with Crippen LogP contribution in [0.3, 0.4) is 0 Å². The van der Waals surface area contributed by atoms with Crippen molar-refractivity contribution in [1.29, 1.82) is 10.8 Å². The summed E-state index contributed by atoms with van der Waals surface area (Å²) in [6.07, 6.45) is -0.875. The number of nitrogens with one attached hydrogen (secondary N) is 5. The van der Waals surface area contributed by atoms with Crippen LogP contribution in [0.4, 0.5) is 19.0 Å². The number of amides is 2. The molecule has 1 fully saturated rings. The van der Waals surface area contributed by atoms with Crippen molar-refractivity contribution < 1.29 is 22.8 Å². The number of aromatic nitrogens is 3. The lowest BCUT2D eigenvalue weighted by atomic mass is 10.1. The Morgan fingerprint density at radius 3 is 2.53 bits per heavy atom. The molecule has 38 heavy (non-hydrogen) atoms. The average molecular weight is 546 g/mol. The van der Waals surface area contributed by atoms with Gasteiger partial charge >= 0.3 is 11.9 Å². The summed E-state index contributed by atoms with van der Waals surface area (Å²) >= 11 is 1.10. The van der Waals surface area contributed by atoms with Crippen LogP contribution in [0.5, 0.6) is 0 Å². The van der Waals surface area contributed by atoms with Crippen LogP contribution in [0.1, 0.15) is 43.7 Å². The molecular weight excluding hydrogens is 523 g/mol. The molecule has 5 rings (SSSR count). The second-order valence-corrected chi connectivity index (χ2v) is 10.2. The fourth-order valence-electron chi connectivity index (χ4n) is 4.28. The number of rotatable bonds is 8. The number of hydrogen-bond donors (Lipinski definition) is 5. The number of carbonyl (C=O) groups is 2. The van der Waals surface area contributed by atoms with Gasteiger partial charge in [-0.1, -0.05) is 0 Å². The van der Waals surface area contributed by atoms with Crippen LogP contribution < -0.4 is 16.3 Å². The van der Waals surface area contributed by atoms with Gasteiger partial charge in [-0.2, -0.15) is 13.2 Å². The van der Waals surface area contributed by atoms with E-state index in [-0.39, 0.29) is 38.7 Å². The molecule has 2 amide bonds. The fraction of sp³-hybridized carbons (Fsp3) is 0.292. The first kappa shape index (κ1) is 25.4. The monoisotopic (exact) mass is 545 g/mol. The number of nitrogens with zero attached hydrogens (tertiary/aromatic N) is 2. The van der Waals surface area contributed by atoms with Crippen molar-refractivity contribution in [2.45, 2.75) is 37.5 Å². The number of H-pyrrole nitrogens is 1. The SMILES string of the molecule is Cn1c(=O)n(CC(F)(F)F)c2cc3c(C(=O)NC4CC4)c(NC(=O)c4ccc(C(C=N)C=N)s4)[nH]c3cc21. The topological polar surface area (TPSA) is 149 Å². The van der Waals surface area contributed by atoms with Crippen molar-refractivity contribution in [2.75, 3.05) is 5.32 Å². The smallest absolute Gasteiger partial charge is 0.349 e. The highest BCUT2D eigenvalue weighted by Gasteiger charge is 2.32. The van der Waals surface area contributed by atoms with Gasteiger partial charge in [-0.25, -0.2) is 4.79 Å². The van der Waals surface area contributed by atoms with Gasteiger partial charge in [0.2, 0.25) is 0 Å². The van der Waals surface area contributed by atoms with Gasteiger partial charge in [0, 0.05) is 35.8 Å². The third kappa shape index (κ3) is 4.62. The van der Waals surface area contributed by atoms with Crippen LogP contribution >= 0.6 is 11.3 Å².